The second-order valence-corrected chi connectivity index (χ2v) is 14.8. The Kier molecular flexibility index (Phi) is 35.2. The van der Waals surface area contributed by atoms with Gasteiger partial charge >= 0.3 is 5.97 Å². The fourth-order valence-electron chi connectivity index (χ4n) is 6.17. The summed E-state index contributed by atoms with van der Waals surface area (Å²) in [4.78, 5) is 12.8. The molecule has 6 atom stereocenters. The molecule has 0 saturated carbocycles. The van der Waals surface area contributed by atoms with E-state index >= 15 is 0 Å². The average Bonchev–Trinajstić information content (AvgIpc) is 3.20. The van der Waals surface area contributed by atoms with Gasteiger partial charge in [0.25, 0.3) is 0 Å². The molecule has 0 amide bonds. The molecule has 4 N–H and O–H groups in total. The third-order valence-corrected chi connectivity index (χ3v) is 9.59. The van der Waals surface area contributed by atoms with Crippen molar-refractivity contribution in [1.29, 1.82) is 0 Å². The van der Waals surface area contributed by atoms with Crippen LogP contribution in [0.15, 0.2) is 72.9 Å². The molecule has 0 bridgehead atoms. The zero-order valence-corrected chi connectivity index (χ0v) is 35.1. The highest BCUT2D eigenvalue weighted by Crippen LogP contribution is 2.22. The number of esters is 1. The van der Waals surface area contributed by atoms with Crippen molar-refractivity contribution >= 4 is 5.97 Å². The Labute approximate surface area is 340 Å². The third-order valence-electron chi connectivity index (χ3n) is 9.59. The summed E-state index contributed by atoms with van der Waals surface area (Å²) >= 11 is 0. The SMILES string of the molecule is CC/C=C\C/C=C\C/C=C\C/C=C\CCCCCCCCC(=O)OC(COCCCCCCCC/C=C\C/C=C\CCC)COC1OC(CO)C(O)C(O)C1O. The predicted molar refractivity (Wildman–Crippen MR) is 228 cm³/mol. The summed E-state index contributed by atoms with van der Waals surface area (Å²) in [6.45, 7) is 4.32. The highest BCUT2D eigenvalue weighted by Gasteiger charge is 2.44. The number of hydrogen-bond acceptors (Lipinski definition) is 9. The van der Waals surface area contributed by atoms with Gasteiger partial charge in [-0.1, -0.05) is 145 Å². The molecule has 1 heterocycles. The van der Waals surface area contributed by atoms with E-state index in [1.807, 2.05) is 0 Å². The zero-order valence-electron chi connectivity index (χ0n) is 35.1. The molecule has 0 radical (unpaired) electrons. The van der Waals surface area contributed by atoms with Crippen molar-refractivity contribution in [3.63, 3.8) is 0 Å². The van der Waals surface area contributed by atoms with Crippen molar-refractivity contribution in [2.45, 2.75) is 192 Å². The van der Waals surface area contributed by atoms with E-state index in [2.05, 4.69) is 86.8 Å². The number of unbranched alkanes of at least 4 members (excludes halogenated alkanes) is 13. The van der Waals surface area contributed by atoms with Crippen LogP contribution >= 0.6 is 0 Å². The lowest BCUT2D eigenvalue weighted by Crippen LogP contribution is -2.59. The normalized spacial score (nSPS) is 21.3. The Bertz CT molecular complexity index is 1080. The van der Waals surface area contributed by atoms with Crippen LogP contribution in [0.1, 0.15) is 155 Å². The highest BCUT2D eigenvalue weighted by atomic mass is 16.7. The summed E-state index contributed by atoms with van der Waals surface area (Å²) < 4.78 is 22.8. The van der Waals surface area contributed by atoms with Crippen LogP contribution < -0.4 is 0 Å². The first-order chi connectivity index (χ1) is 27.4. The molecule has 1 fully saturated rings. The van der Waals surface area contributed by atoms with Crippen molar-refractivity contribution in [2.24, 2.45) is 0 Å². The van der Waals surface area contributed by atoms with Crippen molar-refractivity contribution in [3.05, 3.63) is 72.9 Å². The molecule has 1 aliphatic heterocycles. The van der Waals surface area contributed by atoms with Crippen LogP contribution in [0.3, 0.4) is 0 Å². The van der Waals surface area contributed by atoms with Gasteiger partial charge in [-0.05, 0) is 77.0 Å². The lowest BCUT2D eigenvalue weighted by Gasteiger charge is -2.39. The Hall–Kier alpha value is -2.37. The average molecular weight is 789 g/mol. The van der Waals surface area contributed by atoms with Crippen LogP contribution in [-0.4, -0.2) is 89.6 Å². The summed E-state index contributed by atoms with van der Waals surface area (Å²) in [5, 5.41) is 40.1. The summed E-state index contributed by atoms with van der Waals surface area (Å²) in [5.41, 5.74) is 0. The summed E-state index contributed by atoms with van der Waals surface area (Å²) in [7, 11) is 0. The molecule has 0 aromatic carbocycles. The van der Waals surface area contributed by atoms with Gasteiger partial charge in [0.15, 0.2) is 6.29 Å². The molecule has 0 aromatic rings. The van der Waals surface area contributed by atoms with Gasteiger partial charge in [0.2, 0.25) is 0 Å². The van der Waals surface area contributed by atoms with E-state index in [4.69, 9.17) is 18.9 Å². The molecule has 322 valence electrons. The van der Waals surface area contributed by atoms with Crippen molar-refractivity contribution in [1.82, 2.24) is 0 Å². The monoisotopic (exact) mass is 789 g/mol. The van der Waals surface area contributed by atoms with Crippen LogP contribution in [-0.2, 0) is 23.7 Å². The van der Waals surface area contributed by atoms with Crippen LogP contribution in [0, 0.1) is 0 Å². The number of ether oxygens (including phenoxy) is 4. The highest BCUT2D eigenvalue weighted by molar-refractivity contribution is 5.69. The maximum atomic E-state index is 12.8. The number of carbonyl (C=O) groups is 1. The van der Waals surface area contributed by atoms with Crippen molar-refractivity contribution in [2.75, 3.05) is 26.4 Å². The maximum Gasteiger partial charge on any atom is 0.306 e. The quantitative estimate of drug-likeness (QED) is 0.0278. The Morgan fingerprint density at radius 3 is 1.64 bits per heavy atom. The second-order valence-electron chi connectivity index (χ2n) is 14.8. The van der Waals surface area contributed by atoms with E-state index in [9.17, 15) is 25.2 Å². The lowest BCUT2D eigenvalue weighted by molar-refractivity contribution is -0.305. The summed E-state index contributed by atoms with van der Waals surface area (Å²) in [6.07, 6.45) is 42.1. The van der Waals surface area contributed by atoms with Crippen molar-refractivity contribution < 1.29 is 44.2 Å². The molecule has 1 aliphatic rings. The van der Waals surface area contributed by atoms with E-state index in [0.29, 0.717) is 13.0 Å². The fourth-order valence-corrected chi connectivity index (χ4v) is 6.17. The topological polar surface area (TPSA) is 135 Å². The summed E-state index contributed by atoms with van der Waals surface area (Å²) in [5.74, 6) is -0.335. The largest absolute Gasteiger partial charge is 0.457 e. The van der Waals surface area contributed by atoms with E-state index in [-0.39, 0.29) is 19.2 Å². The Morgan fingerprint density at radius 1 is 0.589 bits per heavy atom. The molecule has 6 unspecified atom stereocenters. The third kappa shape index (κ3) is 28.9. The van der Waals surface area contributed by atoms with Gasteiger partial charge in [-0.2, -0.15) is 0 Å². The molecule has 9 nitrogen and oxygen atoms in total. The van der Waals surface area contributed by atoms with E-state index in [1.54, 1.807) is 0 Å². The molecular weight excluding hydrogens is 709 g/mol. The Balaban J connectivity index is 2.30. The van der Waals surface area contributed by atoms with E-state index < -0.39 is 43.4 Å². The van der Waals surface area contributed by atoms with Crippen molar-refractivity contribution in [3.8, 4) is 0 Å². The number of hydrogen-bond donors (Lipinski definition) is 4. The van der Waals surface area contributed by atoms with Crippen LogP contribution in [0.5, 0.6) is 0 Å². The summed E-state index contributed by atoms with van der Waals surface area (Å²) in [6, 6.07) is 0. The second kappa shape index (κ2) is 38.2. The van der Waals surface area contributed by atoms with Crippen LogP contribution in [0.25, 0.3) is 0 Å². The van der Waals surface area contributed by atoms with E-state index in [0.717, 1.165) is 96.3 Å². The number of carbonyl (C=O) groups excluding carboxylic acids is 1. The van der Waals surface area contributed by atoms with Gasteiger partial charge < -0.3 is 39.4 Å². The fraction of sp³-hybridized carbons (Fsp3) is 0.723. The number of aliphatic hydroxyl groups is 4. The molecule has 1 rings (SSSR count). The first kappa shape index (κ1) is 51.6. The van der Waals surface area contributed by atoms with Crippen LogP contribution in [0.4, 0.5) is 0 Å². The standard InChI is InChI=1S/C47H80O9/c1-3-5-7-9-11-13-15-17-19-20-21-22-23-24-26-28-30-32-34-36-43(49)55-41(40-54-47-46(52)45(51)44(50)42(38-48)56-47)39-53-37-35-33-31-29-27-25-18-16-14-12-10-8-6-4-2/h5,7-8,10-11,13-14,16-17,19,21-22,41-42,44-48,50-52H,3-4,6,9,12,15,18,20,23-40H2,1-2H3/b7-5-,10-8-,13-11-,16-14-,19-17-,22-21-. The van der Waals surface area contributed by atoms with Gasteiger partial charge in [0.1, 0.15) is 30.5 Å². The smallest absolute Gasteiger partial charge is 0.306 e. The van der Waals surface area contributed by atoms with Gasteiger partial charge in [-0.3, -0.25) is 4.79 Å². The molecule has 0 aliphatic carbocycles. The number of rotatable bonds is 36. The molecule has 0 spiro atoms. The van der Waals surface area contributed by atoms with Crippen LogP contribution in [0.2, 0.25) is 0 Å². The van der Waals surface area contributed by atoms with E-state index in [1.165, 1.54) is 38.5 Å². The predicted octanol–water partition coefficient (Wildman–Crippen LogP) is 9.69. The number of aliphatic hydroxyl groups excluding tert-OH is 4. The van der Waals surface area contributed by atoms with Gasteiger partial charge in [-0.15, -0.1) is 0 Å². The minimum atomic E-state index is -1.54. The minimum Gasteiger partial charge on any atom is -0.457 e. The van der Waals surface area contributed by atoms with Gasteiger partial charge in [0, 0.05) is 13.0 Å². The maximum absolute atomic E-state index is 12.8. The first-order valence-corrected chi connectivity index (χ1v) is 22.0. The minimum absolute atomic E-state index is 0.127. The number of allylic oxidation sites excluding steroid dienone is 12. The molecule has 0 aromatic heterocycles. The first-order valence-electron chi connectivity index (χ1n) is 22.0. The molecule has 1 saturated heterocycles. The molecular formula is C47H80O9. The molecule has 9 heteroatoms. The lowest BCUT2D eigenvalue weighted by atomic mass is 9.99. The van der Waals surface area contributed by atoms with Gasteiger partial charge in [-0.25, -0.2) is 0 Å². The molecule has 56 heavy (non-hydrogen) atoms. The zero-order chi connectivity index (χ0) is 40.7. The van der Waals surface area contributed by atoms with Gasteiger partial charge in [0.05, 0.1) is 19.8 Å². The Morgan fingerprint density at radius 2 is 1.09 bits per heavy atom.